The number of benzene rings is 1. The first-order valence-corrected chi connectivity index (χ1v) is 5.43. The molecule has 1 aromatic heterocycles. The Bertz CT molecular complexity index is 463. The topological polar surface area (TPSA) is 69.6 Å². The van der Waals surface area contributed by atoms with Crippen LogP contribution in [0.25, 0.3) is 11.4 Å². The molecule has 2 rings (SSSR count). The molecule has 0 aliphatic heterocycles. The van der Waals surface area contributed by atoms with Crippen molar-refractivity contribution in [2.75, 3.05) is 5.73 Å². The molecule has 0 spiro atoms. The number of rotatable bonds is 4. The number of hydrogen-bond donors (Lipinski definition) is 1. The van der Waals surface area contributed by atoms with E-state index in [0.717, 1.165) is 36.5 Å². The number of aryl methyl sites for hydroxylation is 1. The SMILES string of the molecule is CCCCn1nnnc1-c1cccc(N)c1. The molecule has 0 radical (unpaired) electrons. The minimum Gasteiger partial charge on any atom is -0.399 e. The smallest absolute Gasteiger partial charge is 0.182 e. The quantitative estimate of drug-likeness (QED) is 0.792. The average molecular weight is 217 g/mol. The molecule has 1 aromatic carbocycles. The summed E-state index contributed by atoms with van der Waals surface area (Å²) in [5, 5.41) is 11.7. The van der Waals surface area contributed by atoms with Crippen LogP contribution in [0.5, 0.6) is 0 Å². The molecule has 0 aliphatic rings. The van der Waals surface area contributed by atoms with E-state index in [2.05, 4.69) is 22.4 Å². The van der Waals surface area contributed by atoms with Gasteiger partial charge in [-0.2, -0.15) is 0 Å². The Morgan fingerprint density at radius 1 is 1.38 bits per heavy atom. The third-order valence-corrected chi connectivity index (χ3v) is 2.40. The molecule has 2 N–H and O–H groups in total. The van der Waals surface area contributed by atoms with Gasteiger partial charge < -0.3 is 5.73 Å². The van der Waals surface area contributed by atoms with Gasteiger partial charge in [-0.1, -0.05) is 25.5 Å². The van der Waals surface area contributed by atoms with Gasteiger partial charge in [0.05, 0.1) is 0 Å². The Kier molecular flexibility index (Phi) is 3.14. The van der Waals surface area contributed by atoms with Crippen LogP contribution in [-0.4, -0.2) is 20.2 Å². The van der Waals surface area contributed by atoms with Crippen LogP contribution in [0.3, 0.4) is 0 Å². The van der Waals surface area contributed by atoms with Gasteiger partial charge in [-0.3, -0.25) is 0 Å². The first-order chi connectivity index (χ1) is 7.81. The van der Waals surface area contributed by atoms with Crippen molar-refractivity contribution >= 4 is 5.69 Å². The van der Waals surface area contributed by atoms with Crippen molar-refractivity contribution in [2.24, 2.45) is 0 Å². The number of anilines is 1. The summed E-state index contributed by atoms with van der Waals surface area (Å²) >= 11 is 0. The lowest BCUT2D eigenvalue weighted by atomic mass is 10.2. The van der Waals surface area contributed by atoms with Crippen molar-refractivity contribution in [3.05, 3.63) is 24.3 Å². The molecular weight excluding hydrogens is 202 g/mol. The standard InChI is InChI=1S/C11H15N5/c1-2-3-7-16-11(13-14-15-16)9-5-4-6-10(12)8-9/h4-6,8H,2-3,7,12H2,1H3. The van der Waals surface area contributed by atoms with E-state index in [4.69, 9.17) is 5.73 Å². The van der Waals surface area contributed by atoms with Crippen LogP contribution in [0.1, 0.15) is 19.8 Å². The lowest BCUT2D eigenvalue weighted by Gasteiger charge is -2.03. The van der Waals surface area contributed by atoms with Crippen molar-refractivity contribution in [1.29, 1.82) is 0 Å². The van der Waals surface area contributed by atoms with Crippen molar-refractivity contribution < 1.29 is 0 Å². The molecule has 0 aliphatic carbocycles. The Hall–Kier alpha value is -1.91. The fourth-order valence-electron chi connectivity index (χ4n) is 1.55. The number of aromatic nitrogens is 4. The van der Waals surface area contributed by atoms with E-state index < -0.39 is 0 Å². The molecule has 1 heterocycles. The Morgan fingerprint density at radius 2 is 2.25 bits per heavy atom. The van der Waals surface area contributed by atoms with Crippen LogP contribution in [0.4, 0.5) is 5.69 Å². The van der Waals surface area contributed by atoms with Crippen LogP contribution in [0.15, 0.2) is 24.3 Å². The second kappa shape index (κ2) is 4.74. The van der Waals surface area contributed by atoms with Crippen LogP contribution >= 0.6 is 0 Å². The number of nitrogen functional groups attached to an aromatic ring is 1. The van der Waals surface area contributed by atoms with Gasteiger partial charge in [0, 0.05) is 17.8 Å². The number of hydrogen-bond acceptors (Lipinski definition) is 4. The maximum absolute atomic E-state index is 5.74. The van der Waals surface area contributed by atoms with Crippen molar-refractivity contribution in [2.45, 2.75) is 26.3 Å². The average Bonchev–Trinajstić information content (AvgIpc) is 2.74. The van der Waals surface area contributed by atoms with E-state index in [1.165, 1.54) is 0 Å². The summed E-state index contributed by atoms with van der Waals surface area (Å²) in [5.74, 6) is 0.778. The number of nitrogens with two attached hydrogens (primary N) is 1. The van der Waals surface area contributed by atoms with Gasteiger partial charge in [-0.15, -0.1) is 5.10 Å². The molecule has 0 saturated carbocycles. The maximum atomic E-state index is 5.74. The van der Waals surface area contributed by atoms with Gasteiger partial charge in [-0.25, -0.2) is 4.68 Å². The second-order valence-electron chi connectivity index (χ2n) is 3.70. The Morgan fingerprint density at radius 3 is 3.00 bits per heavy atom. The predicted molar refractivity (Wildman–Crippen MR) is 62.6 cm³/mol. The number of tetrazole rings is 1. The molecule has 16 heavy (non-hydrogen) atoms. The summed E-state index contributed by atoms with van der Waals surface area (Å²) in [5.41, 5.74) is 7.42. The van der Waals surface area contributed by atoms with Crippen molar-refractivity contribution in [3.8, 4) is 11.4 Å². The van der Waals surface area contributed by atoms with Gasteiger partial charge >= 0.3 is 0 Å². The fraction of sp³-hybridized carbons (Fsp3) is 0.364. The Labute approximate surface area is 94.3 Å². The van der Waals surface area contributed by atoms with Crippen molar-refractivity contribution in [1.82, 2.24) is 20.2 Å². The van der Waals surface area contributed by atoms with E-state index >= 15 is 0 Å². The molecule has 0 fully saturated rings. The van der Waals surface area contributed by atoms with Crippen LogP contribution < -0.4 is 5.73 Å². The predicted octanol–water partition coefficient (Wildman–Crippen LogP) is 1.72. The van der Waals surface area contributed by atoms with Gasteiger partial charge in [0.25, 0.3) is 0 Å². The van der Waals surface area contributed by atoms with E-state index in [-0.39, 0.29) is 0 Å². The molecule has 5 heteroatoms. The van der Waals surface area contributed by atoms with E-state index in [1.807, 2.05) is 28.9 Å². The molecule has 0 saturated heterocycles. The zero-order valence-electron chi connectivity index (χ0n) is 9.30. The lowest BCUT2D eigenvalue weighted by molar-refractivity contribution is 0.557. The van der Waals surface area contributed by atoms with Crippen LogP contribution in [0.2, 0.25) is 0 Å². The molecule has 0 bridgehead atoms. The number of nitrogens with zero attached hydrogens (tertiary/aromatic N) is 4. The normalized spacial score (nSPS) is 10.6. The zero-order valence-corrected chi connectivity index (χ0v) is 9.30. The Balaban J connectivity index is 2.29. The molecule has 0 unspecified atom stereocenters. The van der Waals surface area contributed by atoms with Crippen LogP contribution in [-0.2, 0) is 6.54 Å². The summed E-state index contributed by atoms with van der Waals surface area (Å²) in [4.78, 5) is 0. The summed E-state index contributed by atoms with van der Waals surface area (Å²) in [6.45, 7) is 2.98. The zero-order chi connectivity index (χ0) is 11.4. The largest absolute Gasteiger partial charge is 0.399 e. The van der Waals surface area contributed by atoms with E-state index in [1.54, 1.807) is 0 Å². The third-order valence-electron chi connectivity index (χ3n) is 2.40. The molecular formula is C11H15N5. The van der Waals surface area contributed by atoms with Gasteiger partial charge in [0.15, 0.2) is 5.82 Å². The summed E-state index contributed by atoms with van der Waals surface area (Å²) < 4.78 is 1.82. The highest BCUT2D eigenvalue weighted by Gasteiger charge is 2.07. The fourth-order valence-corrected chi connectivity index (χ4v) is 1.55. The second-order valence-corrected chi connectivity index (χ2v) is 3.70. The highest BCUT2D eigenvalue weighted by atomic mass is 15.5. The monoisotopic (exact) mass is 217 g/mol. The van der Waals surface area contributed by atoms with Crippen LogP contribution in [0, 0.1) is 0 Å². The first-order valence-electron chi connectivity index (χ1n) is 5.43. The molecule has 5 nitrogen and oxygen atoms in total. The minimum absolute atomic E-state index is 0.725. The van der Waals surface area contributed by atoms with Crippen molar-refractivity contribution in [3.63, 3.8) is 0 Å². The number of unbranched alkanes of at least 4 members (excludes halogenated alkanes) is 1. The summed E-state index contributed by atoms with van der Waals surface area (Å²) in [7, 11) is 0. The first kappa shape index (κ1) is 10.6. The van der Waals surface area contributed by atoms with E-state index in [0.29, 0.717) is 0 Å². The van der Waals surface area contributed by atoms with Gasteiger partial charge in [0.2, 0.25) is 0 Å². The van der Waals surface area contributed by atoms with E-state index in [9.17, 15) is 0 Å². The van der Waals surface area contributed by atoms with Gasteiger partial charge in [-0.05, 0) is 29.0 Å². The third kappa shape index (κ3) is 2.18. The van der Waals surface area contributed by atoms with Gasteiger partial charge in [0.1, 0.15) is 0 Å². The highest BCUT2D eigenvalue weighted by Crippen LogP contribution is 2.18. The lowest BCUT2D eigenvalue weighted by Crippen LogP contribution is -2.02. The summed E-state index contributed by atoms with van der Waals surface area (Å²) in [6.07, 6.45) is 2.19. The highest BCUT2D eigenvalue weighted by molar-refractivity contribution is 5.60. The molecule has 84 valence electrons. The molecule has 0 atom stereocenters. The minimum atomic E-state index is 0.725. The molecule has 0 amide bonds. The maximum Gasteiger partial charge on any atom is 0.182 e. The molecule has 2 aromatic rings. The summed E-state index contributed by atoms with van der Waals surface area (Å²) in [6, 6.07) is 7.60.